The van der Waals surface area contributed by atoms with Crippen molar-refractivity contribution in [3.8, 4) is 0 Å². The summed E-state index contributed by atoms with van der Waals surface area (Å²) in [5.41, 5.74) is 2.33. The van der Waals surface area contributed by atoms with Crippen molar-refractivity contribution in [1.29, 1.82) is 0 Å². The highest BCUT2D eigenvalue weighted by Crippen LogP contribution is 2.03. The molecule has 0 bridgehead atoms. The molecule has 0 aromatic carbocycles. The summed E-state index contributed by atoms with van der Waals surface area (Å²) in [5.74, 6) is 0. The third-order valence-electron chi connectivity index (χ3n) is 1.26. The summed E-state index contributed by atoms with van der Waals surface area (Å²) in [4.78, 5) is 0. The highest BCUT2D eigenvalue weighted by molar-refractivity contribution is 5.20. The second-order valence-electron chi connectivity index (χ2n) is 4.50. The lowest BCUT2D eigenvalue weighted by Gasteiger charge is -2.21. The first-order valence-corrected chi connectivity index (χ1v) is 4.60. The van der Waals surface area contributed by atoms with Crippen molar-refractivity contribution in [3.05, 3.63) is 36.1 Å². The first-order valence-electron chi connectivity index (χ1n) is 4.60. The van der Waals surface area contributed by atoms with Crippen LogP contribution in [0.5, 0.6) is 0 Å². The molecule has 74 valence electrons. The normalized spacial score (nSPS) is 11.5. The molecule has 0 fully saturated rings. The van der Waals surface area contributed by atoms with Gasteiger partial charge in [-0.2, -0.15) is 0 Å². The van der Waals surface area contributed by atoms with E-state index in [1.54, 1.807) is 0 Å². The number of hydrogen-bond donors (Lipinski definition) is 1. The zero-order valence-electron chi connectivity index (χ0n) is 9.44. The Labute approximate surface area is 82.2 Å². The van der Waals surface area contributed by atoms with Gasteiger partial charge in [0.1, 0.15) is 0 Å². The maximum Gasteiger partial charge on any atom is 0.0289 e. The second-order valence-corrected chi connectivity index (χ2v) is 4.50. The molecule has 0 heterocycles. The molecule has 0 aromatic rings. The summed E-state index contributed by atoms with van der Waals surface area (Å²) in [6, 6.07) is 0. The lowest BCUT2D eigenvalue weighted by molar-refractivity contribution is 0.480. The van der Waals surface area contributed by atoms with Crippen LogP contribution in [-0.2, 0) is 0 Å². The largest absolute Gasteiger partial charge is 0.381 e. The van der Waals surface area contributed by atoms with Crippen molar-refractivity contribution in [2.24, 2.45) is 0 Å². The Hall–Kier alpha value is -0.980. The zero-order chi connectivity index (χ0) is 10.5. The Bertz CT molecular complexity index is 222. The molecular weight excluding hydrogens is 158 g/mol. The average molecular weight is 179 g/mol. The molecule has 1 nitrogen and oxygen atoms in total. The van der Waals surface area contributed by atoms with Gasteiger partial charge in [0.05, 0.1) is 0 Å². The number of rotatable bonds is 3. The van der Waals surface area contributed by atoms with Crippen LogP contribution in [-0.4, -0.2) is 5.54 Å². The average Bonchev–Trinajstić information content (AvgIpc) is 1.81. The van der Waals surface area contributed by atoms with Crippen LogP contribution in [0, 0.1) is 0 Å². The summed E-state index contributed by atoms with van der Waals surface area (Å²) >= 11 is 0. The smallest absolute Gasteiger partial charge is 0.0289 e. The zero-order valence-corrected chi connectivity index (χ0v) is 9.44. The monoisotopic (exact) mass is 179 g/mol. The summed E-state index contributed by atoms with van der Waals surface area (Å²) in [6.07, 6.45) is 6.06. The Kier molecular flexibility index (Phi) is 4.53. The standard InChI is InChI=1S/C12H21N/c1-10(2)8-7-9-11(3)13-12(4,5)6/h7-9,13H,3H2,1-2,4-6H3/b9-7-. The van der Waals surface area contributed by atoms with Gasteiger partial charge in [0.15, 0.2) is 0 Å². The van der Waals surface area contributed by atoms with Crippen LogP contribution in [0.25, 0.3) is 0 Å². The molecule has 0 amide bonds. The van der Waals surface area contributed by atoms with E-state index < -0.39 is 0 Å². The molecule has 0 aliphatic heterocycles. The van der Waals surface area contributed by atoms with Crippen LogP contribution in [0.4, 0.5) is 0 Å². The van der Waals surface area contributed by atoms with E-state index in [1.807, 2.05) is 12.2 Å². The van der Waals surface area contributed by atoms with Crippen molar-refractivity contribution < 1.29 is 0 Å². The summed E-state index contributed by atoms with van der Waals surface area (Å²) in [5, 5.41) is 3.28. The van der Waals surface area contributed by atoms with E-state index in [1.165, 1.54) is 5.57 Å². The van der Waals surface area contributed by atoms with E-state index in [-0.39, 0.29) is 5.54 Å². The molecule has 0 aliphatic carbocycles. The predicted octanol–water partition coefficient (Wildman–Crippen LogP) is 3.41. The Balaban J connectivity index is 4.03. The van der Waals surface area contributed by atoms with Crippen molar-refractivity contribution >= 4 is 0 Å². The lowest BCUT2D eigenvalue weighted by atomic mass is 10.1. The van der Waals surface area contributed by atoms with Gasteiger partial charge in [0.25, 0.3) is 0 Å². The van der Waals surface area contributed by atoms with E-state index in [4.69, 9.17) is 0 Å². The Morgan fingerprint density at radius 1 is 1.23 bits per heavy atom. The van der Waals surface area contributed by atoms with Gasteiger partial charge >= 0.3 is 0 Å². The van der Waals surface area contributed by atoms with Crippen LogP contribution in [0.15, 0.2) is 36.1 Å². The van der Waals surface area contributed by atoms with Gasteiger partial charge in [-0.25, -0.2) is 0 Å². The van der Waals surface area contributed by atoms with Gasteiger partial charge in [-0.3, -0.25) is 0 Å². The quantitative estimate of drug-likeness (QED) is 0.655. The van der Waals surface area contributed by atoms with Crippen molar-refractivity contribution in [2.75, 3.05) is 0 Å². The van der Waals surface area contributed by atoms with Gasteiger partial charge in [0.2, 0.25) is 0 Å². The third-order valence-corrected chi connectivity index (χ3v) is 1.26. The van der Waals surface area contributed by atoms with Gasteiger partial charge in [-0.15, -0.1) is 0 Å². The molecule has 0 saturated heterocycles. The molecule has 0 spiro atoms. The van der Waals surface area contributed by atoms with Gasteiger partial charge in [-0.1, -0.05) is 24.3 Å². The molecule has 0 atom stereocenters. The van der Waals surface area contributed by atoms with Crippen LogP contribution in [0.2, 0.25) is 0 Å². The molecule has 13 heavy (non-hydrogen) atoms. The fraction of sp³-hybridized carbons (Fsp3) is 0.500. The molecule has 0 aromatic heterocycles. The first kappa shape index (κ1) is 12.0. The summed E-state index contributed by atoms with van der Waals surface area (Å²) in [7, 11) is 0. The minimum Gasteiger partial charge on any atom is -0.381 e. The van der Waals surface area contributed by atoms with E-state index in [2.05, 4.69) is 52.6 Å². The summed E-state index contributed by atoms with van der Waals surface area (Å²) < 4.78 is 0. The Morgan fingerprint density at radius 3 is 2.15 bits per heavy atom. The van der Waals surface area contributed by atoms with Gasteiger partial charge < -0.3 is 5.32 Å². The van der Waals surface area contributed by atoms with Crippen molar-refractivity contribution in [3.63, 3.8) is 0 Å². The van der Waals surface area contributed by atoms with Crippen molar-refractivity contribution in [1.82, 2.24) is 5.32 Å². The molecule has 0 radical (unpaired) electrons. The van der Waals surface area contributed by atoms with Crippen LogP contribution in [0.1, 0.15) is 34.6 Å². The van der Waals surface area contributed by atoms with E-state index >= 15 is 0 Å². The summed E-state index contributed by atoms with van der Waals surface area (Å²) in [6.45, 7) is 14.4. The van der Waals surface area contributed by atoms with E-state index in [9.17, 15) is 0 Å². The highest BCUT2D eigenvalue weighted by atomic mass is 14.9. The number of allylic oxidation sites excluding steroid dienone is 4. The topological polar surface area (TPSA) is 12.0 Å². The second kappa shape index (κ2) is 4.90. The van der Waals surface area contributed by atoms with Crippen molar-refractivity contribution in [2.45, 2.75) is 40.2 Å². The molecule has 1 heteroatoms. The van der Waals surface area contributed by atoms with Gasteiger partial charge in [-0.05, 0) is 40.7 Å². The van der Waals surface area contributed by atoms with Crippen LogP contribution >= 0.6 is 0 Å². The minimum absolute atomic E-state index is 0.0897. The molecule has 1 N–H and O–H groups in total. The molecule has 0 rings (SSSR count). The minimum atomic E-state index is 0.0897. The SMILES string of the molecule is C=C(/C=C\C=C(C)C)NC(C)(C)C. The molecular formula is C12H21N. The lowest BCUT2D eigenvalue weighted by Crippen LogP contribution is -2.33. The van der Waals surface area contributed by atoms with E-state index in [0.29, 0.717) is 0 Å². The molecule has 0 unspecified atom stereocenters. The van der Waals surface area contributed by atoms with Crippen LogP contribution < -0.4 is 5.32 Å². The molecule has 0 aliphatic rings. The fourth-order valence-corrected chi connectivity index (χ4v) is 0.880. The highest BCUT2D eigenvalue weighted by Gasteiger charge is 2.07. The Morgan fingerprint density at radius 2 is 1.77 bits per heavy atom. The first-order chi connectivity index (χ1) is 5.81. The third kappa shape index (κ3) is 8.93. The van der Waals surface area contributed by atoms with E-state index in [0.717, 1.165) is 5.70 Å². The number of hydrogen-bond acceptors (Lipinski definition) is 1. The maximum atomic E-state index is 3.91. The maximum absolute atomic E-state index is 3.91. The number of nitrogens with one attached hydrogen (secondary N) is 1. The predicted molar refractivity (Wildman–Crippen MR) is 60.6 cm³/mol. The fourth-order valence-electron chi connectivity index (χ4n) is 0.880. The molecule has 0 saturated carbocycles. The van der Waals surface area contributed by atoms with Gasteiger partial charge in [0, 0.05) is 11.2 Å². The van der Waals surface area contributed by atoms with Crippen LogP contribution in [0.3, 0.4) is 0 Å².